The molecule has 0 aliphatic carbocycles. The number of pyridine rings is 1. The Bertz CT molecular complexity index is 934. The highest BCUT2D eigenvalue weighted by molar-refractivity contribution is 5.87. The number of nitrogens with zero attached hydrogens (tertiary/aromatic N) is 4. The third-order valence-electron chi connectivity index (χ3n) is 3.48. The molecule has 0 fully saturated rings. The van der Waals surface area contributed by atoms with Crippen LogP contribution in [-0.4, -0.2) is 15.1 Å². The van der Waals surface area contributed by atoms with Crippen LogP contribution in [0.5, 0.6) is 5.75 Å². The Kier molecular flexibility index (Phi) is 3.91. The summed E-state index contributed by atoms with van der Waals surface area (Å²) in [5.74, 6) is 1.15. The highest BCUT2D eigenvalue weighted by Gasteiger charge is 2.22. The van der Waals surface area contributed by atoms with Gasteiger partial charge in [-0.1, -0.05) is 16.8 Å². The van der Waals surface area contributed by atoms with E-state index in [0.29, 0.717) is 23.0 Å². The second kappa shape index (κ2) is 5.91. The van der Waals surface area contributed by atoms with Crippen LogP contribution in [0.4, 0.5) is 0 Å². The van der Waals surface area contributed by atoms with Crippen molar-refractivity contribution >= 4 is 10.9 Å². The maximum Gasteiger partial charge on any atom is 0.264 e. The first-order chi connectivity index (χ1) is 11.4. The Labute approximate surface area is 139 Å². The first kappa shape index (κ1) is 15.9. The van der Waals surface area contributed by atoms with Crippen molar-refractivity contribution in [2.24, 2.45) is 5.73 Å². The van der Waals surface area contributed by atoms with Crippen LogP contribution in [0, 0.1) is 18.3 Å². The molecule has 24 heavy (non-hydrogen) atoms. The van der Waals surface area contributed by atoms with Crippen molar-refractivity contribution in [1.29, 1.82) is 5.26 Å². The van der Waals surface area contributed by atoms with Gasteiger partial charge in [-0.05, 0) is 32.9 Å². The van der Waals surface area contributed by atoms with E-state index in [-0.39, 0.29) is 6.61 Å². The van der Waals surface area contributed by atoms with Crippen LogP contribution < -0.4 is 10.5 Å². The van der Waals surface area contributed by atoms with E-state index < -0.39 is 5.54 Å². The van der Waals surface area contributed by atoms with E-state index in [4.69, 9.17) is 15.0 Å². The standard InChI is InChI=1S/C17H17N5O2/c1-10-4-5-13-12(6-10)15(11(7-18)8-20-13)23-9-14-21-16(22-24-14)17(2,3)19/h4-6,8H,9,19H2,1-3H3. The van der Waals surface area contributed by atoms with Crippen LogP contribution in [0.15, 0.2) is 28.9 Å². The number of nitrogens with two attached hydrogens (primary N) is 1. The molecule has 3 aromatic rings. The summed E-state index contributed by atoms with van der Waals surface area (Å²) < 4.78 is 11.0. The molecule has 2 N–H and O–H groups in total. The molecule has 0 saturated heterocycles. The van der Waals surface area contributed by atoms with Gasteiger partial charge in [-0.15, -0.1) is 0 Å². The van der Waals surface area contributed by atoms with Crippen LogP contribution in [-0.2, 0) is 12.1 Å². The minimum atomic E-state index is -0.694. The topological polar surface area (TPSA) is 111 Å². The van der Waals surface area contributed by atoms with E-state index in [1.807, 2.05) is 25.1 Å². The van der Waals surface area contributed by atoms with E-state index in [0.717, 1.165) is 16.5 Å². The summed E-state index contributed by atoms with van der Waals surface area (Å²) in [5.41, 5.74) is 7.40. The first-order valence-corrected chi connectivity index (χ1v) is 7.42. The minimum Gasteiger partial charge on any atom is -0.482 e. The Morgan fingerprint density at radius 3 is 2.83 bits per heavy atom. The molecule has 2 aromatic heterocycles. The zero-order valence-electron chi connectivity index (χ0n) is 13.7. The van der Waals surface area contributed by atoms with Crippen molar-refractivity contribution in [2.45, 2.75) is 32.9 Å². The number of fused-ring (bicyclic) bond motifs is 1. The third kappa shape index (κ3) is 3.05. The molecule has 122 valence electrons. The molecule has 1 aromatic carbocycles. The quantitative estimate of drug-likeness (QED) is 0.785. The van der Waals surface area contributed by atoms with Crippen molar-refractivity contribution in [1.82, 2.24) is 15.1 Å². The fourth-order valence-corrected chi connectivity index (χ4v) is 2.23. The molecule has 0 aliphatic rings. The number of benzene rings is 1. The highest BCUT2D eigenvalue weighted by Crippen LogP contribution is 2.29. The van der Waals surface area contributed by atoms with E-state index in [2.05, 4.69) is 21.2 Å². The zero-order valence-corrected chi connectivity index (χ0v) is 13.7. The van der Waals surface area contributed by atoms with Crippen molar-refractivity contribution in [2.75, 3.05) is 0 Å². The predicted molar refractivity (Wildman–Crippen MR) is 87.0 cm³/mol. The molecule has 0 bridgehead atoms. The summed E-state index contributed by atoms with van der Waals surface area (Å²) in [4.78, 5) is 8.50. The number of aromatic nitrogens is 3. The Balaban J connectivity index is 1.93. The predicted octanol–water partition coefficient (Wildman–Crippen LogP) is 2.57. The molecule has 0 aliphatic heterocycles. The number of nitriles is 1. The van der Waals surface area contributed by atoms with Gasteiger partial charge in [0.1, 0.15) is 17.4 Å². The number of rotatable bonds is 4. The SMILES string of the molecule is Cc1ccc2ncc(C#N)c(OCc3nc(C(C)(C)N)no3)c2c1. The normalized spacial score (nSPS) is 11.5. The van der Waals surface area contributed by atoms with Gasteiger partial charge in [0, 0.05) is 11.6 Å². The summed E-state index contributed by atoms with van der Waals surface area (Å²) in [5, 5.41) is 13.9. The zero-order chi connectivity index (χ0) is 17.3. The van der Waals surface area contributed by atoms with Crippen molar-refractivity contribution in [3.8, 4) is 11.8 Å². The number of hydrogen-bond donors (Lipinski definition) is 1. The van der Waals surface area contributed by atoms with Crippen molar-refractivity contribution < 1.29 is 9.26 Å². The Morgan fingerprint density at radius 1 is 1.38 bits per heavy atom. The molecule has 0 amide bonds. The van der Waals surface area contributed by atoms with Gasteiger partial charge in [0.05, 0.1) is 11.1 Å². The number of aryl methyl sites for hydroxylation is 1. The maximum atomic E-state index is 9.32. The van der Waals surface area contributed by atoms with Crippen LogP contribution in [0.3, 0.4) is 0 Å². The van der Waals surface area contributed by atoms with Crippen molar-refractivity contribution in [3.63, 3.8) is 0 Å². The summed E-state index contributed by atoms with van der Waals surface area (Å²) in [6, 6.07) is 7.88. The largest absolute Gasteiger partial charge is 0.482 e. The molecule has 3 rings (SSSR count). The van der Waals surface area contributed by atoms with Crippen LogP contribution in [0.2, 0.25) is 0 Å². The maximum absolute atomic E-state index is 9.32. The second-order valence-corrected chi connectivity index (χ2v) is 6.16. The molecule has 0 radical (unpaired) electrons. The van der Waals surface area contributed by atoms with Gasteiger partial charge < -0.3 is 15.0 Å². The van der Waals surface area contributed by atoms with E-state index in [1.54, 1.807) is 13.8 Å². The van der Waals surface area contributed by atoms with Gasteiger partial charge in [0.25, 0.3) is 5.89 Å². The molecule has 7 heteroatoms. The van der Waals surface area contributed by atoms with E-state index in [9.17, 15) is 5.26 Å². The van der Waals surface area contributed by atoms with Gasteiger partial charge in [-0.3, -0.25) is 4.98 Å². The Morgan fingerprint density at radius 2 is 2.17 bits per heavy atom. The third-order valence-corrected chi connectivity index (χ3v) is 3.48. The average molecular weight is 323 g/mol. The summed E-state index contributed by atoms with van der Waals surface area (Å²) in [6.07, 6.45) is 1.50. The second-order valence-electron chi connectivity index (χ2n) is 6.16. The minimum absolute atomic E-state index is 0.0464. The summed E-state index contributed by atoms with van der Waals surface area (Å²) in [7, 11) is 0. The summed E-state index contributed by atoms with van der Waals surface area (Å²) in [6.45, 7) is 5.59. The molecular formula is C17H17N5O2. The molecule has 0 unspecified atom stereocenters. The monoisotopic (exact) mass is 323 g/mol. The van der Waals surface area contributed by atoms with Crippen LogP contribution in [0.1, 0.15) is 36.7 Å². The van der Waals surface area contributed by atoms with Crippen LogP contribution >= 0.6 is 0 Å². The van der Waals surface area contributed by atoms with Gasteiger partial charge >= 0.3 is 0 Å². The van der Waals surface area contributed by atoms with E-state index in [1.165, 1.54) is 6.20 Å². The average Bonchev–Trinajstić information content (AvgIpc) is 3.01. The lowest BCUT2D eigenvalue weighted by molar-refractivity contribution is 0.243. The number of ether oxygens (including phenoxy) is 1. The molecule has 0 spiro atoms. The molecule has 7 nitrogen and oxygen atoms in total. The smallest absolute Gasteiger partial charge is 0.264 e. The summed E-state index contributed by atoms with van der Waals surface area (Å²) >= 11 is 0. The first-order valence-electron chi connectivity index (χ1n) is 7.42. The lowest BCUT2D eigenvalue weighted by Crippen LogP contribution is -2.30. The molecule has 0 saturated carbocycles. The molecular weight excluding hydrogens is 306 g/mol. The van der Waals surface area contributed by atoms with Gasteiger partial charge in [0.2, 0.25) is 0 Å². The number of hydrogen-bond acceptors (Lipinski definition) is 7. The van der Waals surface area contributed by atoms with E-state index >= 15 is 0 Å². The van der Waals surface area contributed by atoms with Crippen LogP contribution in [0.25, 0.3) is 10.9 Å². The molecule has 0 atom stereocenters. The fourth-order valence-electron chi connectivity index (χ4n) is 2.23. The van der Waals surface area contributed by atoms with Gasteiger partial charge in [-0.2, -0.15) is 10.2 Å². The van der Waals surface area contributed by atoms with Gasteiger partial charge in [-0.25, -0.2) is 0 Å². The lowest BCUT2D eigenvalue weighted by Gasteiger charge is -2.11. The van der Waals surface area contributed by atoms with Gasteiger partial charge in [0.15, 0.2) is 12.4 Å². The fraction of sp³-hybridized carbons (Fsp3) is 0.294. The lowest BCUT2D eigenvalue weighted by atomic mass is 10.1. The molecule has 2 heterocycles. The van der Waals surface area contributed by atoms with Crippen molar-refractivity contribution in [3.05, 3.63) is 47.2 Å². The highest BCUT2D eigenvalue weighted by atomic mass is 16.5. The Hall–Kier alpha value is -2.98.